The summed E-state index contributed by atoms with van der Waals surface area (Å²) in [5, 5.41) is 8.77. The Balaban J connectivity index is 1.79. The Morgan fingerprint density at radius 2 is 1.69 bits per heavy atom. The van der Waals surface area contributed by atoms with E-state index in [0.717, 1.165) is 12.8 Å². The third-order valence-electron chi connectivity index (χ3n) is 4.08. The quantitative estimate of drug-likeness (QED) is 0.788. The molecule has 4 heteroatoms. The zero-order valence-electron chi connectivity index (χ0n) is 9.85. The van der Waals surface area contributed by atoms with Gasteiger partial charge in [0.25, 0.3) is 0 Å². The van der Waals surface area contributed by atoms with Crippen molar-refractivity contribution < 1.29 is 14.7 Å². The van der Waals surface area contributed by atoms with Crippen LogP contribution in [0.1, 0.15) is 32.6 Å². The first kappa shape index (κ1) is 11.4. The van der Waals surface area contributed by atoms with Gasteiger partial charge in [0.15, 0.2) is 0 Å². The zero-order valence-corrected chi connectivity index (χ0v) is 9.85. The fourth-order valence-electron chi connectivity index (χ4n) is 2.68. The lowest BCUT2D eigenvalue weighted by molar-refractivity contribution is -0.152. The van der Waals surface area contributed by atoms with E-state index >= 15 is 0 Å². The van der Waals surface area contributed by atoms with Crippen molar-refractivity contribution in [3.8, 4) is 0 Å². The largest absolute Gasteiger partial charge is 0.481 e. The zero-order chi connectivity index (χ0) is 11.9. The Morgan fingerprint density at radius 3 is 2.12 bits per heavy atom. The molecule has 0 radical (unpaired) electrons. The van der Waals surface area contributed by atoms with Crippen molar-refractivity contribution in [1.29, 1.82) is 0 Å². The van der Waals surface area contributed by atoms with Crippen LogP contribution in [0.5, 0.6) is 0 Å². The van der Waals surface area contributed by atoms with Gasteiger partial charge >= 0.3 is 5.97 Å². The van der Waals surface area contributed by atoms with Gasteiger partial charge in [-0.15, -0.1) is 0 Å². The summed E-state index contributed by atoms with van der Waals surface area (Å²) in [4.78, 5) is 24.4. The fourth-order valence-corrected chi connectivity index (χ4v) is 2.68. The molecule has 16 heavy (non-hydrogen) atoms. The third kappa shape index (κ3) is 1.93. The van der Waals surface area contributed by atoms with Crippen LogP contribution in [0, 0.1) is 17.8 Å². The summed E-state index contributed by atoms with van der Waals surface area (Å²) in [6.45, 7) is 2.16. The highest BCUT2D eigenvalue weighted by molar-refractivity contribution is 5.80. The number of hydrogen-bond donors (Lipinski definition) is 1. The number of carboxylic acids is 1. The lowest BCUT2D eigenvalue weighted by Gasteiger charge is -2.43. The molecule has 0 spiro atoms. The van der Waals surface area contributed by atoms with Crippen molar-refractivity contribution in [2.75, 3.05) is 7.05 Å². The van der Waals surface area contributed by atoms with Crippen molar-refractivity contribution >= 4 is 11.9 Å². The van der Waals surface area contributed by atoms with Crippen LogP contribution in [-0.2, 0) is 9.59 Å². The van der Waals surface area contributed by atoms with Gasteiger partial charge in [0.1, 0.15) is 0 Å². The smallest absolute Gasteiger partial charge is 0.306 e. The number of amides is 1. The summed E-state index contributed by atoms with van der Waals surface area (Å²) in [7, 11) is 1.81. The van der Waals surface area contributed by atoms with Gasteiger partial charge in [-0.2, -0.15) is 0 Å². The first-order valence-electron chi connectivity index (χ1n) is 5.98. The highest BCUT2D eigenvalue weighted by atomic mass is 16.4. The molecule has 2 aliphatic carbocycles. The Labute approximate surface area is 95.6 Å². The summed E-state index contributed by atoms with van der Waals surface area (Å²) in [6, 6.07) is 0.157. The average molecular weight is 225 g/mol. The number of aliphatic carboxylic acids is 1. The Hall–Kier alpha value is -1.06. The molecule has 2 rings (SSSR count). The van der Waals surface area contributed by atoms with Gasteiger partial charge in [-0.05, 0) is 31.6 Å². The average Bonchev–Trinajstić information content (AvgIpc) is 2.08. The van der Waals surface area contributed by atoms with Gasteiger partial charge < -0.3 is 10.0 Å². The highest BCUT2D eigenvalue weighted by Gasteiger charge is 2.41. The summed E-state index contributed by atoms with van der Waals surface area (Å²) in [6.07, 6.45) is 3.25. The lowest BCUT2D eigenvalue weighted by Crippen LogP contribution is -2.51. The van der Waals surface area contributed by atoms with Crippen molar-refractivity contribution in [3.05, 3.63) is 0 Å². The maximum Gasteiger partial charge on any atom is 0.306 e. The molecule has 2 fully saturated rings. The van der Waals surface area contributed by atoms with Crippen LogP contribution in [0.3, 0.4) is 0 Å². The summed E-state index contributed by atoms with van der Waals surface area (Å²) in [5.74, 6) is 0.126. The van der Waals surface area contributed by atoms with E-state index in [0.29, 0.717) is 18.8 Å². The second-order valence-electron chi connectivity index (χ2n) is 5.38. The molecule has 1 N–H and O–H groups in total. The van der Waals surface area contributed by atoms with E-state index < -0.39 is 5.97 Å². The molecule has 1 amide bonds. The van der Waals surface area contributed by atoms with Gasteiger partial charge in [-0.1, -0.05) is 6.92 Å². The van der Waals surface area contributed by atoms with Crippen LogP contribution in [0.2, 0.25) is 0 Å². The van der Waals surface area contributed by atoms with Crippen LogP contribution in [0.4, 0.5) is 0 Å². The molecule has 90 valence electrons. The predicted octanol–water partition coefficient (Wildman–Crippen LogP) is 1.35. The minimum absolute atomic E-state index is 0.157. The molecule has 4 nitrogen and oxygen atoms in total. The first-order chi connectivity index (χ1) is 7.49. The number of carboxylic acid groups (broad SMARTS) is 1. The minimum atomic E-state index is -0.727. The van der Waals surface area contributed by atoms with Crippen molar-refractivity contribution in [3.63, 3.8) is 0 Å². The van der Waals surface area contributed by atoms with Gasteiger partial charge in [0, 0.05) is 19.0 Å². The molecule has 0 aromatic heterocycles. The molecule has 0 aliphatic heterocycles. The normalized spacial score (nSPS) is 37.1. The first-order valence-corrected chi connectivity index (χ1v) is 5.98. The summed E-state index contributed by atoms with van der Waals surface area (Å²) in [5.41, 5.74) is 0. The number of hydrogen-bond acceptors (Lipinski definition) is 2. The van der Waals surface area contributed by atoms with Gasteiger partial charge in [0.2, 0.25) is 5.91 Å². The topological polar surface area (TPSA) is 57.6 Å². The van der Waals surface area contributed by atoms with Crippen LogP contribution < -0.4 is 0 Å². The minimum Gasteiger partial charge on any atom is -0.481 e. The molecule has 0 saturated heterocycles. The Bertz CT molecular complexity index is 303. The predicted molar refractivity (Wildman–Crippen MR) is 58.8 cm³/mol. The van der Waals surface area contributed by atoms with E-state index in [1.807, 2.05) is 7.05 Å². The molecule has 0 aromatic carbocycles. The monoisotopic (exact) mass is 225 g/mol. The van der Waals surface area contributed by atoms with Gasteiger partial charge in [-0.3, -0.25) is 9.59 Å². The van der Waals surface area contributed by atoms with Crippen molar-refractivity contribution in [2.24, 2.45) is 17.8 Å². The van der Waals surface area contributed by atoms with E-state index in [-0.39, 0.29) is 23.8 Å². The standard InChI is InChI=1S/C12H19NO3/c1-7-3-8(4-7)11(14)13(2)10-5-9(6-10)12(15)16/h7-10H,3-6H2,1-2H3,(H,15,16). The number of rotatable bonds is 3. The third-order valence-corrected chi connectivity index (χ3v) is 4.08. The molecular formula is C12H19NO3. The van der Waals surface area contributed by atoms with E-state index in [1.54, 1.807) is 4.90 Å². The van der Waals surface area contributed by atoms with E-state index in [4.69, 9.17) is 5.11 Å². The van der Waals surface area contributed by atoms with Crippen molar-refractivity contribution in [1.82, 2.24) is 4.90 Å². The lowest BCUT2D eigenvalue weighted by atomic mass is 9.74. The number of carbonyl (C=O) groups excluding carboxylic acids is 1. The summed E-state index contributed by atoms with van der Waals surface area (Å²) < 4.78 is 0. The SMILES string of the molecule is CC1CC(C(=O)N(C)C2CC(C(=O)O)C2)C1. The molecule has 0 heterocycles. The number of nitrogens with zero attached hydrogens (tertiary/aromatic N) is 1. The van der Waals surface area contributed by atoms with E-state index in [2.05, 4.69) is 6.92 Å². The molecule has 0 atom stereocenters. The fraction of sp³-hybridized carbons (Fsp3) is 0.833. The van der Waals surface area contributed by atoms with Gasteiger partial charge in [0.05, 0.1) is 5.92 Å². The van der Waals surface area contributed by atoms with Crippen LogP contribution in [0.15, 0.2) is 0 Å². The molecular weight excluding hydrogens is 206 g/mol. The van der Waals surface area contributed by atoms with Crippen LogP contribution in [-0.4, -0.2) is 35.0 Å². The molecule has 2 aliphatic rings. The Morgan fingerprint density at radius 1 is 1.12 bits per heavy atom. The Kier molecular flexibility index (Phi) is 2.91. The van der Waals surface area contributed by atoms with E-state index in [9.17, 15) is 9.59 Å². The van der Waals surface area contributed by atoms with Gasteiger partial charge in [-0.25, -0.2) is 0 Å². The maximum atomic E-state index is 12.0. The molecule has 0 aromatic rings. The molecule has 0 bridgehead atoms. The highest BCUT2D eigenvalue weighted by Crippen LogP contribution is 2.37. The number of carbonyl (C=O) groups is 2. The molecule has 2 saturated carbocycles. The second kappa shape index (κ2) is 4.07. The van der Waals surface area contributed by atoms with Crippen LogP contribution >= 0.6 is 0 Å². The van der Waals surface area contributed by atoms with Crippen LogP contribution in [0.25, 0.3) is 0 Å². The maximum absolute atomic E-state index is 12.0. The molecule has 0 unspecified atom stereocenters. The van der Waals surface area contributed by atoms with Crippen molar-refractivity contribution in [2.45, 2.75) is 38.6 Å². The second-order valence-corrected chi connectivity index (χ2v) is 5.38. The van der Waals surface area contributed by atoms with E-state index in [1.165, 1.54) is 0 Å². The summed E-state index contributed by atoms with van der Waals surface area (Å²) >= 11 is 0.